The molecule has 6 heteroatoms. The quantitative estimate of drug-likeness (QED) is 0.669. The molecule has 0 aromatic carbocycles. The molecule has 3 N–H and O–H groups in total. The van der Waals surface area contributed by atoms with Gasteiger partial charge in [-0.1, -0.05) is 0 Å². The first kappa shape index (κ1) is 11.5. The number of hydrogen-bond acceptors (Lipinski definition) is 6. The molecule has 0 unspecified atom stereocenters. The van der Waals surface area contributed by atoms with Crippen LogP contribution in [0.4, 0.5) is 11.5 Å². The molecule has 1 aromatic rings. The highest BCUT2D eigenvalue weighted by molar-refractivity contribution is 5.66. The molecule has 0 aliphatic heterocycles. The van der Waals surface area contributed by atoms with Crippen LogP contribution in [0.3, 0.4) is 0 Å². The van der Waals surface area contributed by atoms with Gasteiger partial charge in [0, 0.05) is 20.3 Å². The van der Waals surface area contributed by atoms with Crippen molar-refractivity contribution in [3.05, 3.63) is 6.33 Å². The first-order valence-corrected chi connectivity index (χ1v) is 4.67. The molecule has 0 radical (unpaired) electrons. The Morgan fingerprint density at radius 1 is 1.40 bits per heavy atom. The second kappa shape index (κ2) is 6.02. The van der Waals surface area contributed by atoms with Crippen molar-refractivity contribution >= 4 is 11.5 Å². The lowest BCUT2D eigenvalue weighted by atomic mass is 10.4. The number of ether oxygens (including phenoxy) is 2. The third-order valence-corrected chi connectivity index (χ3v) is 1.86. The van der Waals surface area contributed by atoms with Crippen molar-refractivity contribution in [2.75, 3.05) is 38.4 Å². The molecule has 84 valence electrons. The van der Waals surface area contributed by atoms with Crippen molar-refractivity contribution in [1.82, 2.24) is 9.97 Å². The number of anilines is 2. The van der Waals surface area contributed by atoms with Crippen LogP contribution in [0.25, 0.3) is 0 Å². The van der Waals surface area contributed by atoms with Gasteiger partial charge in [-0.05, 0) is 6.42 Å². The maximum Gasteiger partial charge on any atom is 0.242 e. The molecule has 0 aliphatic carbocycles. The Kier molecular flexibility index (Phi) is 4.62. The van der Waals surface area contributed by atoms with Crippen LogP contribution in [0.5, 0.6) is 5.88 Å². The summed E-state index contributed by atoms with van der Waals surface area (Å²) in [6, 6.07) is 0. The molecular weight excluding hydrogens is 196 g/mol. The van der Waals surface area contributed by atoms with Crippen molar-refractivity contribution < 1.29 is 9.47 Å². The summed E-state index contributed by atoms with van der Waals surface area (Å²) in [5.74, 6) is 0.984. The highest BCUT2D eigenvalue weighted by Gasteiger charge is 2.06. The first-order chi connectivity index (χ1) is 7.29. The molecule has 1 aromatic heterocycles. The van der Waals surface area contributed by atoms with Crippen LogP contribution in [0, 0.1) is 0 Å². The predicted octanol–water partition coefficient (Wildman–Crippen LogP) is 0.516. The van der Waals surface area contributed by atoms with Gasteiger partial charge >= 0.3 is 0 Å². The summed E-state index contributed by atoms with van der Waals surface area (Å²) in [6.07, 6.45) is 2.30. The second-order valence-electron chi connectivity index (χ2n) is 2.92. The Balaban J connectivity index is 2.53. The number of methoxy groups -OCH3 is 2. The van der Waals surface area contributed by atoms with E-state index in [9.17, 15) is 0 Å². The van der Waals surface area contributed by atoms with E-state index >= 15 is 0 Å². The van der Waals surface area contributed by atoms with Crippen LogP contribution in [0.2, 0.25) is 0 Å². The van der Waals surface area contributed by atoms with Crippen LogP contribution in [-0.4, -0.2) is 37.3 Å². The van der Waals surface area contributed by atoms with Gasteiger partial charge in [-0.25, -0.2) is 4.98 Å². The molecule has 0 bridgehead atoms. The molecule has 0 spiro atoms. The normalized spacial score (nSPS) is 10.0. The minimum atomic E-state index is 0.388. The van der Waals surface area contributed by atoms with Gasteiger partial charge in [-0.2, -0.15) is 4.98 Å². The summed E-state index contributed by atoms with van der Waals surface area (Å²) >= 11 is 0. The number of nitrogens with one attached hydrogen (secondary N) is 1. The van der Waals surface area contributed by atoms with Gasteiger partial charge in [-0.3, -0.25) is 0 Å². The van der Waals surface area contributed by atoms with Crippen molar-refractivity contribution in [1.29, 1.82) is 0 Å². The van der Waals surface area contributed by atoms with Gasteiger partial charge in [0.25, 0.3) is 0 Å². The fourth-order valence-corrected chi connectivity index (χ4v) is 1.11. The third kappa shape index (κ3) is 3.25. The standard InChI is InChI=1S/C9H16N4O2/c1-14-5-3-4-11-8-7(10)9(15-2)13-6-12-8/h6H,3-5,10H2,1-2H3,(H,11,12,13). The monoisotopic (exact) mass is 212 g/mol. The summed E-state index contributed by atoms with van der Waals surface area (Å²) in [7, 11) is 3.19. The topological polar surface area (TPSA) is 82.3 Å². The van der Waals surface area contributed by atoms with Gasteiger partial charge in [0.1, 0.15) is 12.0 Å². The Hall–Kier alpha value is -1.56. The molecule has 15 heavy (non-hydrogen) atoms. The van der Waals surface area contributed by atoms with E-state index < -0.39 is 0 Å². The maximum absolute atomic E-state index is 5.76. The number of hydrogen-bond donors (Lipinski definition) is 2. The van der Waals surface area contributed by atoms with Crippen molar-refractivity contribution in [3.8, 4) is 5.88 Å². The van der Waals surface area contributed by atoms with Gasteiger partial charge in [0.05, 0.1) is 7.11 Å². The molecule has 6 nitrogen and oxygen atoms in total. The average molecular weight is 212 g/mol. The fraction of sp³-hybridized carbons (Fsp3) is 0.556. The van der Waals surface area contributed by atoms with Crippen LogP contribution in [-0.2, 0) is 4.74 Å². The van der Waals surface area contributed by atoms with Crippen LogP contribution in [0.1, 0.15) is 6.42 Å². The minimum Gasteiger partial charge on any atom is -0.479 e. The average Bonchev–Trinajstić information content (AvgIpc) is 2.26. The number of nitrogen functional groups attached to an aromatic ring is 1. The largest absolute Gasteiger partial charge is 0.479 e. The molecule has 0 atom stereocenters. The predicted molar refractivity (Wildman–Crippen MR) is 58.0 cm³/mol. The van der Waals surface area contributed by atoms with Crippen molar-refractivity contribution in [2.24, 2.45) is 0 Å². The lowest BCUT2D eigenvalue weighted by molar-refractivity contribution is 0.198. The summed E-state index contributed by atoms with van der Waals surface area (Å²) in [5.41, 5.74) is 6.19. The van der Waals surface area contributed by atoms with E-state index in [0.717, 1.165) is 13.0 Å². The summed E-state index contributed by atoms with van der Waals surface area (Å²) in [5, 5.41) is 3.09. The smallest absolute Gasteiger partial charge is 0.242 e. The SMILES string of the molecule is COCCCNc1ncnc(OC)c1N. The van der Waals surface area contributed by atoms with Gasteiger partial charge < -0.3 is 20.5 Å². The lowest BCUT2D eigenvalue weighted by Crippen LogP contribution is -2.09. The lowest BCUT2D eigenvalue weighted by Gasteiger charge is -2.09. The molecule has 0 aliphatic rings. The molecule has 1 heterocycles. The number of aromatic nitrogens is 2. The zero-order chi connectivity index (χ0) is 11.1. The van der Waals surface area contributed by atoms with E-state index in [1.807, 2.05) is 0 Å². The second-order valence-corrected chi connectivity index (χ2v) is 2.92. The fourth-order valence-electron chi connectivity index (χ4n) is 1.11. The van der Waals surface area contributed by atoms with E-state index in [-0.39, 0.29) is 0 Å². The van der Waals surface area contributed by atoms with Crippen molar-refractivity contribution in [2.45, 2.75) is 6.42 Å². The number of rotatable bonds is 6. The zero-order valence-electron chi connectivity index (χ0n) is 8.99. The van der Waals surface area contributed by atoms with Gasteiger partial charge in [0.2, 0.25) is 5.88 Å². The van der Waals surface area contributed by atoms with E-state index in [0.29, 0.717) is 24.0 Å². The molecule has 1 rings (SSSR count). The third-order valence-electron chi connectivity index (χ3n) is 1.86. The van der Waals surface area contributed by atoms with Crippen molar-refractivity contribution in [3.63, 3.8) is 0 Å². The molecule has 0 amide bonds. The highest BCUT2D eigenvalue weighted by Crippen LogP contribution is 2.23. The molecular formula is C9H16N4O2. The Morgan fingerprint density at radius 3 is 2.87 bits per heavy atom. The van der Waals surface area contributed by atoms with Crippen LogP contribution < -0.4 is 15.8 Å². The van der Waals surface area contributed by atoms with Crippen LogP contribution in [0.15, 0.2) is 6.33 Å². The van der Waals surface area contributed by atoms with Crippen LogP contribution >= 0.6 is 0 Å². The van der Waals surface area contributed by atoms with E-state index in [1.165, 1.54) is 13.4 Å². The summed E-state index contributed by atoms with van der Waals surface area (Å²) in [4.78, 5) is 7.90. The van der Waals surface area contributed by atoms with E-state index in [2.05, 4.69) is 15.3 Å². The number of nitrogens with zero attached hydrogens (tertiary/aromatic N) is 2. The molecule has 0 fully saturated rings. The molecule has 0 saturated heterocycles. The Morgan fingerprint density at radius 2 is 2.20 bits per heavy atom. The maximum atomic E-state index is 5.76. The molecule has 0 saturated carbocycles. The summed E-state index contributed by atoms with van der Waals surface area (Å²) < 4.78 is 9.90. The minimum absolute atomic E-state index is 0.388. The Labute approximate surface area is 88.8 Å². The number of nitrogens with two attached hydrogens (primary N) is 1. The van der Waals surface area contributed by atoms with Gasteiger partial charge in [0.15, 0.2) is 5.82 Å². The summed E-state index contributed by atoms with van der Waals surface area (Å²) in [6.45, 7) is 1.45. The van der Waals surface area contributed by atoms with E-state index in [1.54, 1.807) is 7.11 Å². The Bertz CT molecular complexity index is 306. The highest BCUT2D eigenvalue weighted by atomic mass is 16.5. The first-order valence-electron chi connectivity index (χ1n) is 4.67. The van der Waals surface area contributed by atoms with E-state index in [4.69, 9.17) is 15.2 Å². The van der Waals surface area contributed by atoms with Gasteiger partial charge in [-0.15, -0.1) is 0 Å². The zero-order valence-corrected chi connectivity index (χ0v) is 8.99.